The van der Waals surface area contributed by atoms with Crippen LogP contribution in [0, 0.1) is 0 Å². The van der Waals surface area contributed by atoms with E-state index in [0.29, 0.717) is 13.0 Å². The average Bonchev–Trinajstić information content (AvgIpc) is 2.70. The zero-order chi connectivity index (χ0) is 14.8. The van der Waals surface area contributed by atoms with E-state index in [9.17, 15) is 18.0 Å². The molecule has 0 bridgehead atoms. The van der Waals surface area contributed by atoms with E-state index in [4.69, 9.17) is 10.5 Å². The SMILES string of the molecule is NCCC1CN(Cc2ccccc2C(F)(F)F)C(=O)O1. The number of rotatable bonds is 4. The number of nitrogens with zero attached hydrogens (tertiary/aromatic N) is 1. The smallest absolute Gasteiger partial charge is 0.416 e. The molecule has 0 aromatic heterocycles. The van der Waals surface area contributed by atoms with Gasteiger partial charge in [0, 0.05) is 6.54 Å². The van der Waals surface area contributed by atoms with Crippen LogP contribution in [0.3, 0.4) is 0 Å². The fraction of sp³-hybridized carbons (Fsp3) is 0.462. The molecule has 2 N–H and O–H groups in total. The largest absolute Gasteiger partial charge is 0.444 e. The molecule has 1 fully saturated rings. The van der Waals surface area contributed by atoms with Crippen LogP contribution >= 0.6 is 0 Å². The molecule has 0 spiro atoms. The predicted octanol–water partition coefficient (Wildman–Crippen LogP) is 2.38. The highest BCUT2D eigenvalue weighted by Crippen LogP contribution is 2.32. The highest BCUT2D eigenvalue weighted by molar-refractivity contribution is 5.70. The lowest BCUT2D eigenvalue weighted by molar-refractivity contribution is -0.138. The number of carbonyl (C=O) groups is 1. The number of amides is 1. The molecule has 1 saturated heterocycles. The third-order valence-corrected chi connectivity index (χ3v) is 3.12. The molecule has 4 nitrogen and oxygen atoms in total. The molecule has 1 amide bonds. The average molecular weight is 288 g/mol. The van der Waals surface area contributed by atoms with Crippen LogP contribution in [-0.4, -0.2) is 30.2 Å². The first kappa shape index (κ1) is 14.6. The van der Waals surface area contributed by atoms with Gasteiger partial charge in [0.05, 0.1) is 12.1 Å². The van der Waals surface area contributed by atoms with Crippen molar-refractivity contribution in [2.24, 2.45) is 5.73 Å². The van der Waals surface area contributed by atoms with Crippen molar-refractivity contribution in [1.82, 2.24) is 4.90 Å². The van der Waals surface area contributed by atoms with Gasteiger partial charge in [0.25, 0.3) is 0 Å². The summed E-state index contributed by atoms with van der Waals surface area (Å²) in [5.74, 6) is 0. The zero-order valence-corrected chi connectivity index (χ0v) is 10.7. The van der Waals surface area contributed by atoms with Crippen LogP contribution in [0.15, 0.2) is 24.3 Å². The van der Waals surface area contributed by atoms with Gasteiger partial charge in [0.2, 0.25) is 0 Å². The van der Waals surface area contributed by atoms with Crippen LogP contribution in [0.1, 0.15) is 17.5 Å². The highest BCUT2D eigenvalue weighted by Gasteiger charge is 2.36. The van der Waals surface area contributed by atoms with Gasteiger partial charge in [-0.2, -0.15) is 13.2 Å². The zero-order valence-electron chi connectivity index (χ0n) is 10.7. The number of ether oxygens (including phenoxy) is 1. The molecule has 1 unspecified atom stereocenters. The predicted molar refractivity (Wildman–Crippen MR) is 65.8 cm³/mol. The Morgan fingerprint density at radius 1 is 1.35 bits per heavy atom. The molecule has 0 saturated carbocycles. The molecule has 1 aliphatic heterocycles. The Kier molecular flexibility index (Phi) is 4.17. The number of carbonyl (C=O) groups excluding carboxylic acids is 1. The summed E-state index contributed by atoms with van der Waals surface area (Å²) in [4.78, 5) is 12.9. The Balaban J connectivity index is 2.13. The molecule has 110 valence electrons. The second kappa shape index (κ2) is 5.70. The lowest BCUT2D eigenvalue weighted by atomic mass is 10.1. The Morgan fingerprint density at radius 3 is 2.70 bits per heavy atom. The summed E-state index contributed by atoms with van der Waals surface area (Å²) in [7, 11) is 0. The summed E-state index contributed by atoms with van der Waals surface area (Å²) in [6, 6.07) is 5.22. The van der Waals surface area contributed by atoms with Crippen molar-refractivity contribution >= 4 is 6.09 Å². The van der Waals surface area contributed by atoms with Gasteiger partial charge in [-0.15, -0.1) is 0 Å². The fourth-order valence-electron chi connectivity index (χ4n) is 2.18. The summed E-state index contributed by atoms with van der Waals surface area (Å²) in [5, 5.41) is 0. The van der Waals surface area contributed by atoms with Gasteiger partial charge in [-0.05, 0) is 24.6 Å². The van der Waals surface area contributed by atoms with Crippen molar-refractivity contribution in [2.45, 2.75) is 25.2 Å². The highest BCUT2D eigenvalue weighted by atomic mass is 19.4. The molecule has 0 radical (unpaired) electrons. The van der Waals surface area contributed by atoms with E-state index >= 15 is 0 Å². The molecule has 1 aromatic carbocycles. The number of cyclic esters (lactones) is 1. The van der Waals surface area contributed by atoms with Gasteiger partial charge in [-0.1, -0.05) is 18.2 Å². The minimum Gasteiger partial charge on any atom is -0.444 e. The van der Waals surface area contributed by atoms with Gasteiger partial charge in [-0.3, -0.25) is 0 Å². The van der Waals surface area contributed by atoms with Crippen molar-refractivity contribution in [3.8, 4) is 0 Å². The molecule has 2 rings (SSSR count). The second-order valence-electron chi connectivity index (χ2n) is 4.62. The first-order chi connectivity index (χ1) is 9.41. The van der Waals surface area contributed by atoms with Crippen molar-refractivity contribution in [2.75, 3.05) is 13.1 Å². The van der Waals surface area contributed by atoms with Crippen molar-refractivity contribution in [3.63, 3.8) is 0 Å². The monoisotopic (exact) mass is 288 g/mol. The van der Waals surface area contributed by atoms with Crippen molar-refractivity contribution in [3.05, 3.63) is 35.4 Å². The van der Waals surface area contributed by atoms with Gasteiger partial charge >= 0.3 is 12.3 Å². The van der Waals surface area contributed by atoms with E-state index in [1.54, 1.807) is 0 Å². The normalized spacial score (nSPS) is 19.3. The lowest BCUT2D eigenvalue weighted by Gasteiger charge is -2.17. The number of nitrogens with two attached hydrogens (primary N) is 1. The number of hydrogen-bond donors (Lipinski definition) is 1. The maximum absolute atomic E-state index is 12.9. The van der Waals surface area contributed by atoms with Crippen LogP contribution in [0.4, 0.5) is 18.0 Å². The molecule has 7 heteroatoms. The molecular weight excluding hydrogens is 273 g/mol. The number of benzene rings is 1. The molecule has 0 aliphatic carbocycles. The Hall–Kier alpha value is -1.76. The number of alkyl halides is 3. The minimum absolute atomic E-state index is 0.0605. The van der Waals surface area contributed by atoms with E-state index in [0.717, 1.165) is 6.07 Å². The summed E-state index contributed by atoms with van der Waals surface area (Å²) in [6.07, 6.45) is -4.87. The standard InChI is InChI=1S/C13H15F3N2O2/c14-13(15,16)11-4-2-1-3-9(11)7-18-8-10(5-6-17)20-12(18)19/h1-4,10H,5-8,17H2. The van der Waals surface area contributed by atoms with E-state index in [-0.39, 0.29) is 24.8 Å². The van der Waals surface area contributed by atoms with Crippen molar-refractivity contribution < 1.29 is 22.7 Å². The van der Waals surface area contributed by atoms with Crippen LogP contribution in [0.5, 0.6) is 0 Å². The van der Waals surface area contributed by atoms with Crippen molar-refractivity contribution in [1.29, 1.82) is 0 Å². The summed E-state index contributed by atoms with van der Waals surface area (Å²) in [6.45, 7) is 0.517. The summed E-state index contributed by atoms with van der Waals surface area (Å²) >= 11 is 0. The van der Waals surface area contributed by atoms with Gasteiger partial charge < -0.3 is 15.4 Å². The maximum Gasteiger partial charge on any atom is 0.416 e. The van der Waals surface area contributed by atoms with Gasteiger partial charge in [0.15, 0.2) is 0 Å². The molecule has 20 heavy (non-hydrogen) atoms. The quantitative estimate of drug-likeness (QED) is 0.925. The number of hydrogen-bond acceptors (Lipinski definition) is 3. The van der Waals surface area contributed by atoms with Crippen LogP contribution in [0.2, 0.25) is 0 Å². The summed E-state index contributed by atoms with van der Waals surface area (Å²) < 4.78 is 43.6. The van der Waals surface area contributed by atoms with Crippen LogP contribution < -0.4 is 5.73 Å². The molecule has 1 aromatic rings. The Labute approximate surface area is 114 Å². The van der Waals surface area contributed by atoms with Crippen LogP contribution in [0.25, 0.3) is 0 Å². The third kappa shape index (κ3) is 3.22. The van der Waals surface area contributed by atoms with E-state index in [2.05, 4.69) is 0 Å². The van der Waals surface area contributed by atoms with Gasteiger partial charge in [-0.25, -0.2) is 4.79 Å². The third-order valence-electron chi connectivity index (χ3n) is 3.12. The summed E-state index contributed by atoms with van der Waals surface area (Å²) in [5.41, 5.74) is 4.71. The van der Waals surface area contributed by atoms with E-state index < -0.39 is 17.8 Å². The molecule has 1 aliphatic rings. The van der Waals surface area contributed by atoms with Gasteiger partial charge in [0.1, 0.15) is 6.10 Å². The second-order valence-corrected chi connectivity index (χ2v) is 4.62. The van der Waals surface area contributed by atoms with E-state index in [1.165, 1.54) is 23.1 Å². The maximum atomic E-state index is 12.9. The lowest BCUT2D eigenvalue weighted by Crippen LogP contribution is -2.26. The Morgan fingerprint density at radius 2 is 2.05 bits per heavy atom. The van der Waals surface area contributed by atoms with E-state index in [1.807, 2.05) is 0 Å². The van der Waals surface area contributed by atoms with Crippen LogP contribution in [-0.2, 0) is 17.5 Å². The molecular formula is C13H15F3N2O2. The topological polar surface area (TPSA) is 55.6 Å². The molecule has 1 atom stereocenters. The molecule has 1 heterocycles. The number of halogens is 3. The first-order valence-corrected chi connectivity index (χ1v) is 6.22. The fourth-order valence-corrected chi connectivity index (χ4v) is 2.18. The first-order valence-electron chi connectivity index (χ1n) is 6.22. The minimum atomic E-state index is -4.43. The Bertz CT molecular complexity index is 491.